The van der Waals surface area contributed by atoms with E-state index in [-0.39, 0.29) is 6.10 Å². The topological polar surface area (TPSA) is 116 Å². The van der Waals surface area contributed by atoms with Gasteiger partial charge in [0.25, 0.3) is 0 Å². The fraction of sp³-hybridized carbons (Fsp3) is 0.622. The van der Waals surface area contributed by atoms with Crippen LogP contribution in [-0.4, -0.2) is 162 Å². The number of likely N-dealkylation sites (N-methyl/N-ethyl adjacent to an activating group) is 1. The van der Waals surface area contributed by atoms with Crippen LogP contribution in [0.4, 0.5) is 22.7 Å². The van der Waals surface area contributed by atoms with Crippen LogP contribution < -0.4 is 56.7 Å². The van der Waals surface area contributed by atoms with Crippen LogP contribution in [-0.2, 0) is 49.7 Å². The van der Waals surface area contributed by atoms with Crippen molar-refractivity contribution in [3.8, 4) is 5.75 Å². The lowest BCUT2D eigenvalue weighted by Crippen LogP contribution is -2.44. The van der Waals surface area contributed by atoms with Crippen LogP contribution in [0.5, 0.6) is 5.75 Å². The van der Waals surface area contributed by atoms with E-state index in [0.717, 1.165) is 186 Å². The second-order valence-electron chi connectivity index (χ2n) is 45.7. The third-order valence-corrected chi connectivity index (χ3v) is 24.1. The molecular formula is C111H176ClN11O2. The third-order valence-electron chi connectivity index (χ3n) is 23.8. The highest BCUT2D eigenvalue weighted by Crippen LogP contribution is 2.34. The Morgan fingerprint density at radius 1 is 0.392 bits per heavy atom. The van der Waals surface area contributed by atoms with Gasteiger partial charge in [0.15, 0.2) is 0 Å². The van der Waals surface area contributed by atoms with Crippen molar-refractivity contribution in [1.82, 2.24) is 36.8 Å². The standard InChI is InChI=1S/C17H28N2.C17H27NO.2C16H26N2.C15H23ClN2.C15H23NO.C15H23N/c1-17(2,3)12-14-7-9-15(10-8-14)19(4)16-6-5-11-18-13-16;1-17(2,3)13-14-5-7-15(8-6-14)19-16-9-11-18(4)12-10-16;1-13-11-14(12-16(2,3)4)5-6-15(13)18-9-7-17-8-10-18;1-16(2,3)12-13-4-6-14(7-5-13)18-15-8-10-17-11-9-15;1-15(2,3)11-12-4-5-14(13(16)10-12)18-8-6-17-7-9-18;1-15(2,3)10-12-4-6-13(7-5-12)14-11-16-8-9-17-14;1-15(2,3)10-12-4-6-13(7-5-12)14-8-9-16-11-14/h7-10,16,18H,5-6,11-13H2,1-4H3;5-8,16H,9-13H2,1-4H3;5-6,11,17H,7-10,12H2,1-4H3;4-7,15,17-18H,8-12H2,1-3H3;4-5,10,17H,6-9,11H2,1-3H3;4-7,14,16H,8-11H2,1-3H3;4-7,14,16H,8-11H2,1-3H3. The van der Waals surface area contributed by atoms with E-state index in [2.05, 4.69) is 381 Å². The summed E-state index contributed by atoms with van der Waals surface area (Å²) in [5.41, 5.74) is 21.8. The Hall–Kier alpha value is -6.49. The number of anilines is 4. The minimum atomic E-state index is 0.229. The number of nitrogens with one attached hydrogen (secondary N) is 7. The molecule has 0 bridgehead atoms. The summed E-state index contributed by atoms with van der Waals surface area (Å²) in [5, 5.41) is 25.0. The summed E-state index contributed by atoms with van der Waals surface area (Å²) in [6.45, 7) is 70.7. The van der Waals surface area contributed by atoms with E-state index in [1.54, 1.807) is 0 Å². The molecule has 694 valence electrons. The predicted octanol–water partition coefficient (Wildman–Crippen LogP) is 23.3. The van der Waals surface area contributed by atoms with Gasteiger partial charge >= 0.3 is 0 Å². The first-order valence-electron chi connectivity index (χ1n) is 48.4. The molecule has 7 aliphatic heterocycles. The molecule has 7 heterocycles. The highest BCUT2D eigenvalue weighted by molar-refractivity contribution is 6.33. The fourth-order valence-corrected chi connectivity index (χ4v) is 18.1. The Morgan fingerprint density at radius 3 is 1.21 bits per heavy atom. The van der Waals surface area contributed by atoms with Crippen molar-refractivity contribution < 1.29 is 9.47 Å². The first kappa shape index (κ1) is 104. The molecule has 7 fully saturated rings. The van der Waals surface area contributed by atoms with Gasteiger partial charge in [-0.2, -0.15) is 0 Å². The summed E-state index contributed by atoms with van der Waals surface area (Å²) in [4.78, 5) is 9.64. The minimum Gasteiger partial charge on any atom is -0.490 e. The molecule has 0 radical (unpaired) electrons. The number of likely N-dealkylation sites (tertiary alicyclic amines) is 1. The highest BCUT2D eigenvalue weighted by Gasteiger charge is 2.26. The van der Waals surface area contributed by atoms with Crippen LogP contribution in [0.25, 0.3) is 0 Å². The molecule has 0 aliphatic carbocycles. The number of piperidine rings is 3. The average molecular weight is 1730 g/mol. The number of hydrogen-bond acceptors (Lipinski definition) is 13. The molecule has 7 saturated heterocycles. The monoisotopic (exact) mass is 1730 g/mol. The number of piperazine rings is 2. The summed E-state index contributed by atoms with van der Waals surface area (Å²) in [5.74, 6) is 1.76. The lowest BCUT2D eigenvalue weighted by molar-refractivity contribution is 0.0277. The molecule has 14 rings (SSSR count). The van der Waals surface area contributed by atoms with Gasteiger partial charge in [0, 0.05) is 128 Å². The van der Waals surface area contributed by atoms with Crippen molar-refractivity contribution in [2.75, 3.05) is 159 Å². The zero-order valence-electron chi connectivity index (χ0n) is 83.2. The van der Waals surface area contributed by atoms with Crippen LogP contribution in [0.2, 0.25) is 5.02 Å². The third kappa shape index (κ3) is 41.9. The molecule has 0 spiro atoms. The van der Waals surface area contributed by atoms with Crippen molar-refractivity contribution in [2.45, 2.75) is 272 Å². The lowest BCUT2D eigenvalue weighted by atomic mass is 9.87. The fourth-order valence-electron chi connectivity index (χ4n) is 17.8. The molecule has 0 aromatic heterocycles. The molecule has 7 aliphatic rings. The molecule has 3 unspecified atom stereocenters. The van der Waals surface area contributed by atoms with E-state index >= 15 is 0 Å². The second kappa shape index (κ2) is 50.1. The van der Waals surface area contributed by atoms with E-state index in [1.165, 1.54) is 124 Å². The molecule has 0 saturated carbocycles. The molecular weight excluding hydrogens is 1550 g/mol. The van der Waals surface area contributed by atoms with Crippen LogP contribution in [0.1, 0.15) is 258 Å². The summed E-state index contributed by atoms with van der Waals surface area (Å²) >= 11 is 6.43. The van der Waals surface area contributed by atoms with E-state index in [4.69, 9.17) is 21.1 Å². The Morgan fingerprint density at radius 2 is 0.784 bits per heavy atom. The number of ether oxygens (including phenoxy) is 2. The highest BCUT2D eigenvalue weighted by atomic mass is 35.5. The molecule has 13 nitrogen and oxygen atoms in total. The van der Waals surface area contributed by atoms with Crippen molar-refractivity contribution >= 4 is 34.4 Å². The Bertz CT molecular complexity index is 4030. The first-order chi connectivity index (χ1) is 58.9. The summed E-state index contributed by atoms with van der Waals surface area (Å²) in [6.07, 6.45) is 17.1. The average Bonchev–Trinajstić information content (AvgIpc) is 1.30. The number of halogens is 1. The summed E-state index contributed by atoms with van der Waals surface area (Å²) in [7, 11) is 4.40. The normalized spacial score (nSPS) is 19.0. The van der Waals surface area contributed by atoms with Crippen molar-refractivity contribution in [3.05, 3.63) is 218 Å². The van der Waals surface area contributed by atoms with E-state index < -0.39 is 0 Å². The van der Waals surface area contributed by atoms with Gasteiger partial charge in [0.1, 0.15) is 11.9 Å². The maximum atomic E-state index is 6.43. The van der Waals surface area contributed by atoms with Gasteiger partial charge in [-0.1, -0.05) is 260 Å². The second-order valence-corrected chi connectivity index (χ2v) is 46.1. The largest absolute Gasteiger partial charge is 0.490 e. The molecule has 7 N–H and O–H groups in total. The van der Waals surface area contributed by atoms with Gasteiger partial charge in [-0.05, 0) is 284 Å². The minimum absolute atomic E-state index is 0.229. The number of morpholine rings is 1. The quantitative estimate of drug-likeness (QED) is 0.0470. The number of nitrogens with zero attached hydrogens (tertiary/aromatic N) is 4. The summed E-state index contributed by atoms with van der Waals surface area (Å²) < 4.78 is 11.8. The Balaban J connectivity index is 0.000000181. The van der Waals surface area contributed by atoms with Gasteiger partial charge in [0.2, 0.25) is 0 Å². The van der Waals surface area contributed by atoms with Gasteiger partial charge in [-0.15, -0.1) is 0 Å². The van der Waals surface area contributed by atoms with Gasteiger partial charge in [-0.25, -0.2) is 0 Å². The van der Waals surface area contributed by atoms with Crippen molar-refractivity contribution in [3.63, 3.8) is 0 Å². The molecule has 7 aromatic carbocycles. The number of hydrogen-bond donors (Lipinski definition) is 7. The zero-order valence-corrected chi connectivity index (χ0v) is 84.0. The van der Waals surface area contributed by atoms with Crippen molar-refractivity contribution in [1.29, 1.82) is 0 Å². The smallest absolute Gasteiger partial charge is 0.119 e. The zero-order chi connectivity index (χ0) is 91.0. The van der Waals surface area contributed by atoms with E-state index in [1.807, 2.05) is 0 Å². The molecule has 0 amide bonds. The van der Waals surface area contributed by atoms with Gasteiger partial charge in [-0.3, -0.25) is 0 Å². The van der Waals surface area contributed by atoms with Gasteiger partial charge in [0.05, 0.1) is 23.4 Å². The maximum Gasteiger partial charge on any atom is 0.119 e. The molecule has 125 heavy (non-hydrogen) atoms. The van der Waals surface area contributed by atoms with Crippen molar-refractivity contribution in [2.24, 2.45) is 37.9 Å². The van der Waals surface area contributed by atoms with Gasteiger partial charge < -0.3 is 66.3 Å². The SMILES string of the molecule is CC(C)(C)Cc1ccc(C2CCNC2)cc1.CC(C)(C)Cc1ccc(C2CNCCO2)cc1.CC(C)(C)Cc1ccc(N2CCNCC2)c(Cl)c1.CC(C)(C)Cc1ccc(NC2CCNCC2)cc1.CN(c1ccc(CC(C)(C)C)cc1)C1CCCNC1.CN1CCC(Oc2ccc(CC(C)(C)C)cc2)CC1.Cc1cc(CC(C)(C)C)ccc1N1CCNCC1. The molecule has 7 aromatic rings. The lowest BCUT2D eigenvalue weighted by Gasteiger charge is -2.33. The van der Waals surface area contributed by atoms with Crippen LogP contribution in [0.3, 0.4) is 0 Å². The Kier molecular flexibility index (Phi) is 41.6. The number of aryl methyl sites for hydroxylation is 1. The maximum absolute atomic E-state index is 6.43. The first-order valence-corrected chi connectivity index (χ1v) is 48.8. The van der Waals surface area contributed by atoms with Crippen LogP contribution in [0, 0.1) is 44.8 Å². The van der Waals surface area contributed by atoms with E-state index in [9.17, 15) is 0 Å². The predicted molar refractivity (Wildman–Crippen MR) is 544 cm³/mol. The molecule has 14 heteroatoms. The molecule has 3 atom stereocenters. The van der Waals surface area contributed by atoms with E-state index in [0.29, 0.717) is 56.1 Å². The van der Waals surface area contributed by atoms with Crippen LogP contribution in [0.15, 0.2) is 158 Å². The summed E-state index contributed by atoms with van der Waals surface area (Å²) in [6, 6.07) is 59.6. The number of rotatable bonds is 17. The van der Waals surface area contributed by atoms with Crippen LogP contribution >= 0.6 is 11.6 Å². The number of benzene rings is 7. The Labute approximate surface area is 768 Å².